The lowest BCUT2D eigenvalue weighted by Gasteiger charge is -2.25. The first-order valence-corrected chi connectivity index (χ1v) is 10.4. The van der Waals surface area contributed by atoms with Gasteiger partial charge in [0.1, 0.15) is 18.8 Å². The van der Waals surface area contributed by atoms with Crippen molar-refractivity contribution in [1.82, 2.24) is 5.32 Å². The molecule has 7 heteroatoms. The third kappa shape index (κ3) is 6.13. The van der Waals surface area contributed by atoms with Crippen LogP contribution in [-0.2, 0) is 4.74 Å². The molecule has 2 N–H and O–H groups in total. The Hall–Kier alpha value is -3.22. The molecule has 0 aromatic heterocycles. The molecule has 2 aromatic rings. The summed E-state index contributed by atoms with van der Waals surface area (Å²) in [6, 6.07) is 12.2. The summed E-state index contributed by atoms with van der Waals surface area (Å²) in [5.74, 6) is 1.38. The van der Waals surface area contributed by atoms with Crippen LogP contribution >= 0.6 is 0 Å². The minimum atomic E-state index is -0.580. The van der Waals surface area contributed by atoms with E-state index in [1.807, 2.05) is 18.2 Å². The van der Waals surface area contributed by atoms with Gasteiger partial charge in [0.05, 0.1) is 6.04 Å². The first-order valence-electron chi connectivity index (χ1n) is 10.4. The number of nitrogens with one attached hydrogen (secondary N) is 2. The molecule has 2 aromatic carbocycles. The van der Waals surface area contributed by atoms with Crippen LogP contribution < -0.4 is 20.1 Å². The Morgan fingerprint density at radius 1 is 0.968 bits per heavy atom. The average molecular weight is 427 g/mol. The van der Waals surface area contributed by atoms with Crippen LogP contribution in [0.4, 0.5) is 10.5 Å². The molecule has 0 spiro atoms. The molecule has 1 heterocycles. The van der Waals surface area contributed by atoms with Crippen LogP contribution in [0.15, 0.2) is 42.5 Å². The van der Waals surface area contributed by atoms with Gasteiger partial charge in [-0.25, -0.2) is 4.79 Å². The summed E-state index contributed by atoms with van der Waals surface area (Å²) in [6.45, 7) is 10.5. The van der Waals surface area contributed by atoms with E-state index in [4.69, 9.17) is 14.2 Å². The van der Waals surface area contributed by atoms with Gasteiger partial charge in [-0.15, -0.1) is 0 Å². The number of hydrogen-bond donors (Lipinski definition) is 2. The lowest BCUT2D eigenvalue weighted by Crippen LogP contribution is -2.32. The van der Waals surface area contributed by atoms with Crippen molar-refractivity contribution in [3.05, 3.63) is 53.6 Å². The van der Waals surface area contributed by atoms with Crippen LogP contribution in [0, 0.1) is 5.92 Å². The van der Waals surface area contributed by atoms with E-state index in [2.05, 4.69) is 24.5 Å². The lowest BCUT2D eigenvalue weighted by atomic mass is 9.95. The van der Waals surface area contributed by atoms with Gasteiger partial charge in [0.2, 0.25) is 0 Å². The highest BCUT2D eigenvalue weighted by molar-refractivity contribution is 5.95. The van der Waals surface area contributed by atoms with Gasteiger partial charge < -0.3 is 19.5 Å². The quantitative estimate of drug-likeness (QED) is 0.708. The number of benzene rings is 2. The molecule has 1 atom stereocenters. The number of carbonyl (C=O) groups is 2. The molecular formula is C24H30N2O5. The molecule has 1 aliphatic heterocycles. The van der Waals surface area contributed by atoms with Crippen molar-refractivity contribution < 1.29 is 23.8 Å². The van der Waals surface area contributed by atoms with Gasteiger partial charge in [-0.2, -0.15) is 0 Å². The highest BCUT2D eigenvalue weighted by Gasteiger charge is 2.22. The summed E-state index contributed by atoms with van der Waals surface area (Å²) < 4.78 is 16.5. The Bertz CT molecular complexity index is 932. The van der Waals surface area contributed by atoms with Crippen molar-refractivity contribution in [2.45, 2.75) is 46.3 Å². The lowest BCUT2D eigenvalue weighted by molar-refractivity contribution is 0.0635. The van der Waals surface area contributed by atoms with E-state index < -0.39 is 11.7 Å². The van der Waals surface area contributed by atoms with Crippen LogP contribution in [0.2, 0.25) is 0 Å². The van der Waals surface area contributed by atoms with Crippen molar-refractivity contribution >= 4 is 17.7 Å². The predicted octanol–water partition coefficient (Wildman–Crippen LogP) is 4.93. The van der Waals surface area contributed by atoms with E-state index in [1.165, 1.54) is 0 Å². The Kier molecular flexibility index (Phi) is 6.73. The zero-order chi connectivity index (χ0) is 22.6. The predicted molar refractivity (Wildman–Crippen MR) is 119 cm³/mol. The third-order valence-electron chi connectivity index (χ3n) is 4.67. The largest absolute Gasteiger partial charge is 0.486 e. The van der Waals surface area contributed by atoms with E-state index in [1.54, 1.807) is 45.0 Å². The van der Waals surface area contributed by atoms with Crippen LogP contribution in [0.1, 0.15) is 56.6 Å². The maximum Gasteiger partial charge on any atom is 0.412 e. The van der Waals surface area contributed by atoms with E-state index in [0.717, 1.165) is 11.3 Å². The molecule has 2 amide bonds. The van der Waals surface area contributed by atoms with Crippen LogP contribution in [-0.4, -0.2) is 30.8 Å². The van der Waals surface area contributed by atoms with Crippen LogP contribution in [0.25, 0.3) is 0 Å². The summed E-state index contributed by atoms with van der Waals surface area (Å²) in [7, 11) is 0. The van der Waals surface area contributed by atoms with Gasteiger partial charge in [-0.1, -0.05) is 19.9 Å². The molecule has 0 saturated carbocycles. The molecule has 0 radical (unpaired) electrons. The highest BCUT2D eigenvalue weighted by atomic mass is 16.6. The van der Waals surface area contributed by atoms with Crippen molar-refractivity contribution in [2.24, 2.45) is 5.92 Å². The second kappa shape index (κ2) is 9.29. The highest BCUT2D eigenvalue weighted by Crippen LogP contribution is 2.34. The Morgan fingerprint density at radius 2 is 1.61 bits per heavy atom. The van der Waals surface area contributed by atoms with E-state index in [0.29, 0.717) is 30.2 Å². The molecule has 1 aliphatic rings. The van der Waals surface area contributed by atoms with Gasteiger partial charge in [0.15, 0.2) is 11.5 Å². The van der Waals surface area contributed by atoms with E-state index >= 15 is 0 Å². The molecule has 166 valence electrons. The zero-order valence-electron chi connectivity index (χ0n) is 18.7. The van der Waals surface area contributed by atoms with Crippen LogP contribution in [0.5, 0.6) is 11.5 Å². The molecule has 0 unspecified atom stereocenters. The van der Waals surface area contributed by atoms with Crippen molar-refractivity contribution in [3.8, 4) is 11.5 Å². The Labute approximate surface area is 183 Å². The first kappa shape index (κ1) is 22.5. The number of amides is 2. The summed E-state index contributed by atoms with van der Waals surface area (Å²) >= 11 is 0. The summed E-state index contributed by atoms with van der Waals surface area (Å²) in [4.78, 5) is 24.8. The number of rotatable bonds is 5. The summed E-state index contributed by atoms with van der Waals surface area (Å²) in [5, 5.41) is 5.76. The molecular weight excluding hydrogens is 396 g/mol. The van der Waals surface area contributed by atoms with Crippen molar-refractivity contribution in [3.63, 3.8) is 0 Å². The third-order valence-corrected chi connectivity index (χ3v) is 4.67. The minimum absolute atomic E-state index is 0.166. The number of anilines is 1. The standard InChI is InChI=1S/C24H30N2O5/c1-15(2)21(17-8-11-19-20(14-17)30-13-12-29-19)26-22(27)16-6-9-18(10-7-16)25-23(28)31-24(3,4)5/h6-11,14-15,21H,12-13H2,1-5H3,(H,25,28)(H,26,27)/t21-/m0/s1. The SMILES string of the molecule is CC(C)[C@H](NC(=O)c1ccc(NC(=O)OC(C)(C)C)cc1)c1ccc2c(c1)OCCO2. The van der Waals surface area contributed by atoms with Gasteiger partial charge in [0, 0.05) is 11.3 Å². The van der Waals surface area contributed by atoms with E-state index in [9.17, 15) is 9.59 Å². The molecule has 7 nitrogen and oxygen atoms in total. The second-order valence-corrected chi connectivity index (χ2v) is 8.80. The minimum Gasteiger partial charge on any atom is -0.486 e. The Morgan fingerprint density at radius 3 is 2.23 bits per heavy atom. The summed E-state index contributed by atoms with van der Waals surface area (Å²) in [6.07, 6.45) is -0.539. The fourth-order valence-electron chi connectivity index (χ4n) is 3.24. The Balaban J connectivity index is 1.68. The smallest absolute Gasteiger partial charge is 0.412 e. The first-order chi connectivity index (χ1) is 14.6. The monoisotopic (exact) mass is 426 g/mol. The number of fused-ring (bicyclic) bond motifs is 1. The summed E-state index contributed by atoms with van der Waals surface area (Å²) in [5.41, 5.74) is 1.43. The molecule has 0 aliphatic carbocycles. The fraction of sp³-hybridized carbons (Fsp3) is 0.417. The number of ether oxygens (including phenoxy) is 3. The molecule has 0 bridgehead atoms. The van der Waals surface area contributed by atoms with Gasteiger partial charge >= 0.3 is 6.09 Å². The van der Waals surface area contributed by atoms with E-state index in [-0.39, 0.29) is 17.9 Å². The average Bonchev–Trinajstić information content (AvgIpc) is 2.70. The normalized spacial score (nSPS) is 14.0. The molecule has 3 rings (SSSR count). The molecule has 31 heavy (non-hydrogen) atoms. The molecule has 0 fully saturated rings. The maximum atomic E-state index is 12.9. The number of hydrogen-bond acceptors (Lipinski definition) is 5. The molecule has 0 saturated heterocycles. The van der Waals surface area contributed by atoms with Gasteiger partial charge in [-0.05, 0) is 68.7 Å². The number of carbonyl (C=O) groups excluding carboxylic acids is 2. The zero-order valence-corrected chi connectivity index (χ0v) is 18.7. The topological polar surface area (TPSA) is 85.9 Å². The van der Waals surface area contributed by atoms with Crippen molar-refractivity contribution in [2.75, 3.05) is 18.5 Å². The maximum absolute atomic E-state index is 12.9. The van der Waals surface area contributed by atoms with Crippen molar-refractivity contribution in [1.29, 1.82) is 0 Å². The second-order valence-electron chi connectivity index (χ2n) is 8.80. The fourth-order valence-corrected chi connectivity index (χ4v) is 3.24. The van der Waals surface area contributed by atoms with Crippen LogP contribution in [0.3, 0.4) is 0 Å². The van der Waals surface area contributed by atoms with Gasteiger partial charge in [-0.3, -0.25) is 10.1 Å². The van der Waals surface area contributed by atoms with Gasteiger partial charge in [0.25, 0.3) is 5.91 Å².